The minimum absolute atomic E-state index is 0. The Morgan fingerprint density at radius 2 is 2.00 bits per heavy atom. The molecule has 0 fully saturated rings. The van der Waals surface area contributed by atoms with Crippen molar-refractivity contribution in [2.24, 2.45) is 14.1 Å². The summed E-state index contributed by atoms with van der Waals surface area (Å²) in [4.78, 5) is 0. The fourth-order valence-corrected chi connectivity index (χ4v) is 1.12. The van der Waals surface area contributed by atoms with Gasteiger partial charge in [-0.15, -0.1) is 0 Å². The second-order valence-electron chi connectivity index (χ2n) is 2.70. The molecule has 0 amide bonds. The van der Waals surface area contributed by atoms with Crippen LogP contribution in [0.4, 0.5) is 0 Å². The zero-order valence-electron chi connectivity index (χ0n) is 9.30. The van der Waals surface area contributed by atoms with Gasteiger partial charge in [-0.2, -0.15) is 0 Å². The molecule has 1 rings (SSSR count). The number of imidazole rings is 1. The highest BCUT2D eigenvalue weighted by Crippen LogP contribution is 1.89. The molecule has 1 heterocycles. The molecular weight excluding hydrogens is 208 g/mol. The number of hydrogen-bond acceptors (Lipinski definition) is 4. The first-order chi connectivity index (χ1) is 6.25. The number of rotatable bonds is 1. The van der Waals surface area contributed by atoms with E-state index >= 15 is 0 Å². The monoisotopic (exact) mass is 222 g/mol. The number of aryl methyl sites for hydroxylation is 2. The van der Waals surface area contributed by atoms with Crippen molar-refractivity contribution in [3.8, 4) is 0 Å². The van der Waals surface area contributed by atoms with Crippen LogP contribution in [0, 0.1) is 0 Å². The summed E-state index contributed by atoms with van der Waals surface area (Å²) in [6.07, 6.45) is 5.23. The van der Waals surface area contributed by atoms with Crippen LogP contribution in [0.3, 0.4) is 0 Å². The van der Waals surface area contributed by atoms with Crippen LogP contribution in [-0.4, -0.2) is 22.1 Å². The van der Waals surface area contributed by atoms with E-state index in [-0.39, 0.29) is 1.43 Å². The highest BCUT2D eigenvalue weighted by atomic mass is 32.3. The molecule has 82 valence electrons. The molecule has 6 nitrogen and oxygen atoms in total. The topological polar surface area (TPSA) is 89.1 Å². The van der Waals surface area contributed by atoms with E-state index in [0.29, 0.717) is 0 Å². The number of hydrogen-bond donors (Lipinski definition) is 0. The second kappa shape index (κ2) is 5.08. The molecule has 0 aliphatic carbocycles. The molecule has 0 bridgehead atoms. The largest absolute Gasteiger partial charge is 1.00 e. The van der Waals surface area contributed by atoms with E-state index in [9.17, 15) is 0 Å². The summed E-state index contributed by atoms with van der Waals surface area (Å²) in [6.45, 7) is 2.16. The predicted molar refractivity (Wildman–Crippen MR) is 47.6 cm³/mol. The van der Waals surface area contributed by atoms with Gasteiger partial charge in [0.25, 0.3) is 5.82 Å². The van der Waals surface area contributed by atoms with E-state index in [1.165, 1.54) is 5.82 Å². The van der Waals surface area contributed by atoms with E-state index in [4.69, 9.17) is 17.5 Å². The molecule has 0 unspecified atom stereocenters. The van der Waals surface area contributed by atoms with Gasteiger partial charge < -0.3 is 9.11 Å². The Hall–Kier alpha value is -0.920. The van der Waals surface area contributed by atoms with E-state index in [2.05, 4.69) is 42.5 Å². The van der Waals surface area contributed by atoms with Gasteiger partial charge in [0, 0.05) is 16.8 Å². The smallest absolute Gasteiger partial charge is 0.759 e. The summed E-state index contributed by atoms with van der Waals surface area (Å²) >= 11 is 0. The van der Waals surface area contributed by atoms with Crippen molar-refractivity contribution in [3.63, 3.8) is 0 Å². The van der Waals surface area contributed by atoms with E-state index in [1.807, 2.05) is 0 Å². The first kappa shape index (κ1) is 13.1. The first-order valence-electron chi connectivity index (χ1n) is 3.92. The van der Waals surface area contributed by atoms with Crippen LogP contribution in [0.25, 0.3) is 0 Å². The lowest BCUT2D eigenvalue weighted by molar-refractivity contribution is -0.678. The van der Waals surface area contributed by atoms with E-state index in [0.717, 1.165) is 6.42 Å². The molecule has 14 heavy (non-hydrogen) atoms. The maximum absolute atomic E-state index is 8.52. The highest BCUT2D eigenvalue weighted by molar-refractivity contribution is 7.79. The maximum atomic E-state index is 8.52. The highest BCUT2D eigenvalue weighted by Gasteiger charge is 2.05. The van der Waals surface area contributed by atoms with Crippen LogP contribution < -0.4 is 4.57 Å². The molecule has 1 aromatic heterocycles. The van der Waals surface area contributed by atoms with Gasteiger partial charge in [-0.1, -0.05) is 6.92 Å². The fraction of sp³-hybridized carbons (Fsp3) is 0.571. The standard InChI is InChI=1S/C7H13N2.H2O4S/c1-4-7-8(2)5-6-9(7)3;1-5(2,3)4/h5-6H,4H2,1-3H3;(H2,1,2,3,4)/q+1;/p-1. The average Bonchev–Trinajstić information content (AvgIpc) is 2.27. The zero-order chi connectivity index (χ0) is 11.4. The summed E-state index contributed by atoms with van der Waals surface area (Å²) in [5.41, 5.74) is 0. The molecule has 0 saturated carbocycles. The van der Waals surface area contributed by atoms with Crippen LogP contribution in [0.15, 0.2) is 12.4 Å². The van der Waals surface area contributed by atoms with Gasteiger partial charge in [-0.05, 0) is 0 Å². The predicted octanol–water partition coefficient (Wildman–Crippen LogP) is -0.813. The Kier molecular flexibility index (Phi) is 4.75. The van der Waals surface area contributed by atoms with Gasteiger partial charge in [0.15, 0.2) is 0 Å². The molecule has 0 aliphatic heterocycles. The average molecular weight is 222 g/mol. The van der Waals surface area contributed by atoms with E-state index < -0.39 is 10.4 Å². The molecule has 1 aromatic rings. The molecule has 0 aromatic carbocycles. The zero-order valence-corrected chi connectivity index (χ0v) is 9.11. The van der Waals surface area contributed by atoms with Gasteiger partial charge in [0.1, 0.15) is 12.4 Å². The SMILES string of the molecule is CCc1n(C)cc[n+]1C.O=S(=O)([O-])[O-].[H+]. The van der Waals surface area contributed by atoms with Crippen LogP contribution in [0.2, 0.25) is 0 Å². The summed E-state index contributed by atoms with van der Waals surface area (Å²) < 4.78 is 38.4. The lowest BCUT2D eigenvalue weighted by Gasteiger charge is -2.06. The van der Waals surface area contributed by atoms with Crippen molar-refractivity contribution in [1.82, 2.24) is 4.57 Å². The number of aromatic nitrogens is 2. The minimum Gasteiger partial charge on any atom is -0.759 e. The minimum atomic E-state index is -5.17. The third-order valence-corrected chi connectivity index (χ3v) is 1.64. The van der Waals surface area contributed by atoms with Crippen molar-refractivity contribution in [3.05, 3.63) is 18.2 Å². The summed E-state index contributed by atoms with van der Waals surface area (Å²) in [5, 5.41) is 0. The Morgan fingerprint density at radius 1 is 1.57 bits per heavy atom. The quantitative estimate of drug-likeness (QED) is 0.353. The van der Waals surface area contributed by atoms with Crippen LogP contribution in [0.5, 0.6) is 0 Å². The lowest BCUT2D eigenvalue weighted by atomic mass is 10.4. The van der Waals surface area contributed by atoms with Gasteiger partial charge >= 0.3 is 1.43 Å². The van der Waals surface area contributed by atoms with Crippen molar-refractivity contribution in [2.75, 3.05) is 0 Å². The molecule has 0 atom stereocenters. The molecule has 0 aliphatic rings. The first-order valence-corrected chi connectivity index (χ1v) is 5.25. The summed E-state index contributed by atoms with van der Waals surface area (Å²) in [7, 11) is -1.03. The molecule has 0 N–H and O–H groups in total. The van der Waals surface area contributed by atoms with Gasteiger partial charge in [0.05, 0.1) is 14.1 Å². The van der Waals surface area contributed by atoms with Crippen LogP contribution in [-0.2, 0) is 30.9 Å². The van der Waals surface area contributed by atoms with Crippen molar-refractivity contribution >= 4 is 10.4 Å². The Labute approximate surface area is 84.9 Å². The van der Waals surface area contributed by atoms with Crippen LogP contribution >= 0.6 is 0 Å². The lowest BCUT2D eigenvalue weighted by Crippen LogP contribution is -2.31. The van der Waals surface area contributed by atoms with Gasteiger partial charge in [0.2, 0.25) is 0 Å². The van der Waals surface area contributed by atoms with Gasteiger partial charge in [-0.25, -0.2) is 9.13 Å². The van der Waals surface area contributed by atoms with Crippen molar-refractivity contribution in [1.29, 1.82) is 0 Å². The van der Waals surface area contributed by atoms with Crippen molar-refractivity contribution in [2.45, 2.75) is 13.3 Å². The number of nitrogens with zero attached hydrogens (tertiary/aromatic N) is 2. The van der Waals surface area contributed by atoms with Gasteiger partial charge in [-0.3, -0.25) is 8.42 Å². The molecule has 0 spiro atoms. The Morgan fingerprint density at radius 3 is 2.14 bits per heavy atom. The third kappa shape index (κ3) is 5.68. The third-order valence-electron chi connectivity index (χ3n) is 1.64. The normalized spacial score (nSPS) is 10.6. The fourth-order valence-electron chi connectivity index (χ4n) is 1.12. The van der Waals surface area contributed by atoms with E-state index in [1.54, 1.807) is 0 Å². The maximum Gasteiger partial charge on any atom is 1.00 e. The molecule has 0 radical (unpaired) electrons. The Balaban J connectivity index is 0. The molecular formula is C7H14N2O4S. The summed E-state index contributed by atoms with van der Waals surface area (Å²) in [6, 6.07) is 0. The summed E-state index contributed by atoms with van der Waals surface area (Å²) in [5.74, 6) is 1.36. The van der Waals surface area contributed by atoms with Crippen LogP contribution in [0.1, 0.15) is 14.2 Å². The second-order valence-corrected chi connectivity index (χ2v) is 3.51. The molecule has 0 saturated heterocycles. The van der Waals surface area contributed by atoms with Crippen molar-refractivity contribution < 1.29 is 23.5 Å². The molecule has 7 heteroatoms. The Bertz CT molecular complexity index is 360.